The molecular formula is C9H11ClFNO2S. The van der Waals surface area contributed by atoms with Crippen LogP contribution in [0.15, 0.2) is 18.2 Å². The first-order valence-electron chi connectivity index (χ1n) is 4.26. The van der Waals surface area contributed by atoms with Gasteiger partial charge in [0.1, 0.15) is 9.84 Å². The number of anilines is 1. The lowest BCUT2D eigenvalue weighted by atomic mass is 10.3. The van der Waals surface area contributed by atoms with Crippen LogP contribution in [0.1, 0.15) is 0 Å². The summed E-state index contributed by atoms with van der Waals surface area (Å²) in [5.41, 5.74) is 0.214. The zero-order valence-electron chi connectivity index (χ0n) is 8.13. The zero-order chi connectivity index (χ0) is 11.5. The average Bonchev–Trinajstić information content (AvgIpc) is 2.10. The number of nitrogens with one attached hydrogen (secondary N) is 1. The minimum atomic E-state index is -3.04. The molecule has 1 aromatic carbocycles. The quantitative estimate of drug-likeness (QED) is 0.890. The van der Waals surface area contributed by atoms with Crippen molar-refractivity contribution in [2.45, 2.75) is 0 Å². The fraction of sp³-hybridized carbons (Fsp3) is 0.333. The van der Waals surface area contributed by atoms with E-state index >= 15 is 0 Å². The van der Waals surface area contributed by atoms with Gasteiger partial charge in [0.2, 0.25) is 0 Å². The van der Waals surface area contributed by atoms with Crippen molar-refractivity contribution >= 4 is 27.1 Å². The molecule has 0 amide bonds. The standard InChI is InChI=1S/C9H11ClFNO2S/c1-15(13,14)6-5-12-8-4-2-3-7(10)9(8)11/h2-4,12H,5-6H2,1H3. The molecule has 0 aromatic heterocycles. The second-order valence-electron chi connectivity index (χ2n) is 3.16. The average molecular weight is 252 g/mol. The van der Waals surface area contributed by atoms with Crippen LogP contribution in [-0.2, 0) is 9.84 Å². The van der Waals surface area contributed by atoms with Gasteiger partial charge in [-0.05, 0) is 12.1 Å². The van der Waals surface area contributed by atoms with Crippen molar-refractivity contribution in [2.75, 3.05) is 23.9 Å². The smallest absolute Gasteiger partial charge is 0.164 e. The summed E-state index contributed by atoms with van der Waals surface area (Å²) in [7, 11) is -3.04. The van der Waals surface area contributed by atoms with Crippen LogP contribution in [-0.4, -0.2) is 27.0 Å². The first kappa shape index (κ1) is 12.3. The molecule has 0 heterocycles. The lowest BCUT2D eigenvalue weighted by molar-refractivity contribution is 0.601. The Morgan fingerprint density at radius 3 is 2.73 bits per heavy atom. The van der Waals surface area contributed by atoms with Crippen molar-refractivity contribution in [3.8, 4) is 0 Å². The minimum absolute atomic E-state index is 0.0133. The molecule has 0 aliphatic heterocycles. The third-order valence-electron chi connectivity index (χ3n) is 1.74. The van der Waals surface area contributed by atoms with Crippen LogP contribution in [0.5, 0.6) is 0 Å². The Bertz CT molecular complexity index is 447. The molecule has 1 rings (SSSR count). The second-order valence-corrected chi connectivity index (χ2v) is 5.82. The van der Waals surface area contributed by atoms with Crippen molar-refractivity contribution in [3.05, 3.63) is 29.0 Å². The maximum Gasteiger partial charge on any atom is 0.164 e. The molecule has 3 nitrogen and oxygen atoms in total. The Hall–Kier alpha value is -0.810. The first-order valence-corrected chi connectivity index (χ1v) is 6.69. The monoisotopic (exact) mass is 251 g/mol. The molecule has 84 valence electrons. The molecular weight excluding hydrogens is 241 g/mol. The van der Waals surface area contributed by atoms with Gasteiger partial charge in [-0.3, -0.25) is 0 Å². The highest BCUT2D eigenvalue weighted by Crippen LogP contribution is 2.21. The van der Waals surface area contributed by atoms with E-state index in [9.17, 15) is 12.8 Å². The van der Waals surface area contributed by atoms with Crippen LogP contribution in [0.25, 0.3) is 0 Å². The van der Waals surface area contributed by atoms with E-state index in [-0.39, 0.29) is 23.0 Å². The van der Waals surface area contributed by atoms with Crippen LogP contribution >= 0.6 is 11.6 Å². The van der Waals surface area contributed by atoms with Crippen molar-refractivity contribution in [1.82, 2.24) is 0 Å². The number of sulfone groups is 1. The molecule has 1 N–H and O–H groups in total. The lowest BCUT2D eigenvalue weighted by Crippen LogP contribution is -2.14. The summed E-state index contributed by atoms with van der Waals surface area (Å²) in [6, 6.07) is 4.52. The molecule has 0 atom stereocenters. The molecule has 15 heavy (non-hydrogen) atoms. The van der Waals surface area contributed by atoms with E-state index in [4.69, 9.17) is 11.6 Å². The molecule has 0 radical (unpaired) electrons. The van der Waals surface area contributed by atoms with Gasteiger partial charge in [0.25, 0.3) is 0 Å². The molecule has 1 aromatic rings. The summed E-state index contributed by atoms with van der Waals surface area (Å²) in [4.78, 5) is 0. The summed E-state index contributed by atoms with van der Waals surface area (Å²) >= 11 is 5.55. The van der Waals surface area contributed by atoms with E-state index in [1.165, 1.54) is 12.1 Å². The molecule has 0 fully saturated rings. The SMILES string of the molecule is CS(=O)(=O)CCNc1cccc(Cl)c1F. The maximum absolute atomic E-state index is 13.3. The van der Waals surface area contributed by atoms with Crippen LogP contribution < -0.4 is 5.32 Å². The largest absolute Gasteiger partial charge is 0.382 e. The van der Waals surface area contributed by atoms with Gasteiger partial charge in [-0.1, -0.05) is 17.7 Å². The summed E-state index contributed by atoms with van der Waals surface area (Å²) in [6.45, 7) is 0.163. The number of rotatable bonds is 4. The Morgan fingerprint density at radius 1 is 1.47 bits per heavy atom. The molecule has 0 saturated carbocycles. The summed E-state index contributed by atoms with van der Waals surface area (Å²) < 4.78 is 34.9. The highest BCUT2D eigenvalue weighted by Gasteiger charge is 2.06. The highest BCUT2D eigenvalue weighted by atomic mass is 35.5. The maximum atomic E-state index is 13.3. The predicted molar refractivity (Wildman–Crippen MR) is 59.6 cm³/mol. The van der Waals surface area contributed by atoms with Crippen molar-refractivity contribution in [3.63, 3.8) is 0 Å². The number of benzene rings is 1. The normalized spacial score (nSPS) is 11.4. The summed E-state index contributed by atoms with van der Waals surface area (Å²) in [5, 5.41) is 2.68. The molecule has 0 unspecified atom stereocenters. The van der Waals surface area contributed by atoms with Gasteiger partial charge in [-0.25, -0.2) is 12.8 Å². The number of hydrogen-bond acceptors (Lipinski definition) is 3. The Morgan fingerprint density at radius 2 is 2.13 bits per heavy atom. The Balaban J connectivity index is 2.62. The van der Waals surface area contributed by atoms with Gasteiger partial charge in [-0.15, -0.1) is 0 Å². The first-order chi connectivity index (χ1) is 6.90. The van der Waals surface area contributed by atoms with Crippen LogP contribution in [0.4, 0.5) is 10.1 Å². The summed E-state index contributed by atoms with van der Waals surface area (Å²) in [5.74, 6) is -0.605. The van der Waals surface area contributed by atoms with Gasteiger partial charge in [0.15, 0.2) is 5.82 Å². The van der Waals surface area contributed by atoms with Crippen LogP contribution in [0, 0.1) is 5.82 Å². The topological polar surface area (TPSA) is 46.2 Å². The van der Waals surface area contributed by atoms with Gasteiger partial charge in [-0.2, -0.15) is 0 Å². The van der Waals surface area contributed by atoms with Crippen molar-refractivity contribution in [2.24, 2.45) is 0 Å². The van der Waals surface area contributed by atoms with E-state index in [1.807, 2.05) is 0 Å². The molecule has 0 aliphatic carbocycles. The predicted octanol–water partition coefficient (Wildman–Crippen LogP) is 1.94. The molecule has 0 bridgehead atoms. The van der Waals surface area contributed by atoms with Gasteiger partial charge >= 0.3 is 0 Å². The fourth-order valence-corrected chi connectivity index (χ4v) is 1.66. The van der Waals surface area contributed by atoms with Crippen molar-refractivity contribution < 1.29 is 12.8 Å². The Kier molecular flexibility index (Phi) is 3.93. The molecule has 0 saturated heterocycles. The zero-order valence-corrected chi connectivity index (χ0v) is 9.70. The third kappa shape index (κ3) is 4.05. The van der Waals surface area contributed by atoms with Gasteiger partial charge in [0.05, 0.1) is 16.5 Å². The van der Waals surface area contributed by atoms with Crippen LogP contribution in [0.3, 0.4) is 0 Å². The lowest BCUT2D eigenvalue weighted by Gasteiger charge is -2.07. The van der Waals surface area contributed by atoms with E-state index in [2.05, 4.69) is 5.32 Å². The van der Waals surface area contributed by atoms with E-state index in [1.54, 1.807) is 6.07 Å². The van der Waals surface area contributed by atoms with E-state index < -0.39 is 15.7 Å². The van der Waals surface area contributed by atoms with E-state index in [0.29, 0.717) is 0 Å². The third-order valence-corrected chi connectivity index (χ3v) is 2.98. The fourth-order valence-electron chi connectivity index (χ4n) is 1.01. The van der Waals surface area contributed by atoms with Gasteiger partial charge in [0, 0.05) is 12.8 Å². The van der Waals surface area contributed by atoms with Gasteiger partial charge < -0.3 is 5.32 Å². The molecule has 6 heteroatoms. The molecule has 0 aliphatic rings. The van der Waals surface area contributed by atoms with Crippen LogP contribution in [0.2, 0.25) is 5.02 Å². The number of hydrogen-bond donors (Lipinski definition) is 1. The number of halogens is 2. The second kappa shape index (κ2) is 4.81. The minimum Gasteiger partial charge on any atom is -0.382 e. The van der Waals surface area contributed by atoms with E-state index in [0.717, 1.165) is 6.26 Å². The van der Waals surface area contributed by atoms with Crippen molar-refractivity contribution in [1.29, 1.82) is 0 Å². The summed E-state index contributed by atoms with van der Waals surface area (Å²) in [6.07, 6.45) is 1.13. The molecule has 0 spiro atoms. The Labute approximate surface area is 93.2 Å². The highest BCUT2D eigenvalue weighted by molar-refractivity contribution is 7.90.